The maximum atomic E-state index is 12.4. The maximum absolute atomic E-state index is 12.4. The summed E-state index contributed by atoms with van der Waals surface area (Å²) in [6.45, 7) is 3.89. The van der Waals surface area contributed by atoms with Crippen molar-refractivity contribution in [3.8, 4) is 0 Å². The van der Waals surface area contributed by atoms with Gasteiger partial charge in [0, 0.05) is 24.9 Å². The number of fused-ring (bicyclic) bond motifs is 4. The van der Waals surface area contributed by atoms with Crippen LogP contribution in [0.2, 0.25) is 0 Å². The summed E-state index contributed by atoms with van der Waals surface area (Å²) in [6, 6.07) is 7.84. The SMILES string of the molecule is O=C(NCCc1noc2ccccc12)C1CN2CCC1CC2. The molecule has 1 unspecified atom stereocenters. The summed E-state index contributed by atoms with van der Waals surface area (Å²) in [4.78, 5) is 14.8. The molecule has 3 saturated heterocycles. The first-order valence-electron chi connectivity index (χ1n) is 8.14. The van der Waals surface area contributed by atoms with Crippen molar-refractivity contribution in [3.63, 3.8) is 0 Å². The van der Waals surface area contributed by atoms with Crippen LogP contribution in [0.4, 0.5) is 0 Å². The topological polar surface area (TPSA) is 58.4 Å². The zero-order valence-corrected chi connectivity index (χ0v) is 12.6. The van der Waals surface area contributed by atoms with Crippen molar-refractivity contribution in [2.45, 2.75) is 19.3 Å². The second kappa shape index (κ2) is 5.72. The first-order valence-corrected chi connectivity index (χ1v) is 8.14. The third-order valence-electron chi connectivity index (χ3n) is 5.11. The highest BCUT2D eigenvalue weighted by Crippen LogP contribution is 2.32. The molecule has 0 aliphatic carbocycles. The molecule has 22 heavy (non-hydrogen) atoms. The maximum Gasteiger partial charge on any atom is 0.224 e. The van der Waals surface area contributed by atoms with Gasteiger partial charge in [0.15, 0.2) is 5.58 Å². The average Bonchev–Trinajstić information content (AvgIpc) is 2.99. The summed E-state index contributed by atoms with van der Waals surface area (Å²) in [5, 5.41) is 8.24. The highest BCUT2D eigenvalue weighted by Gasteiger charge is 2.37. The number of benzene rings is 1. The monoisotopic (exact) mass is 299 g/mol. The van der Waals surface area contributed by atoms with Gasteiger partial charge >= 0.3 is 0 Å². The Labute approximate surface area is 129 Å². The molecule has 1 atom stereocenters. The van der Waals surface area contributed by atoms with Crippen LogP contribution in [0.1, 0.15) is 18.5 Å². The van der Waals surface area contributed by atoms with Crippen molar-refractivity contribution in [1.82, 2.24) is 15.4 Å². The van der Waals surface area contributed by atoms with E-state index in [9.17, 15) is 4.79 Å². The molecule has 3 aliphatic heterocycles. The summed E-state index contributed by atoms with van der Waals surface area (Å²) in [5.74, 6) is 0.969. The fourth-order valence-electron chi connectivity index (χ4n) is 3.82. The van der Waals surface area contributed by atoms with Crippen LogP contribution >= 0.6 is 0 Å². The van der Waals surface area contributed by atoms with Gasteiger partial charge < -0.3 is 14.7 Å². The van der Waals surface area contributed by atoms with Gasteiger partial charge in [-0.1, -0.05) is 17.3 Å². The molecular formula is C17H21N3O2. The van der Waals surface area contributed by atoms with E-state index in [4.69, 9.17) is 4.52 Å². The molecule has 0 radical (unpaired) electrons. The lowest BCUT2D eigenvalue weighted by Crippen LogP contribution is -2.52. The lowest BCUT2D eigenvalue weighted by molar-refractivity contribution is -0.131. The molecule has 2 aromatic rings. The van der Waals surface area contributed by atoms with Gasteiger partial charge in [0.1, 0.15) is 0 Å². The van der Waals surface area contributed by atoms with Gasteiger partial charge in [-0.15, -0.1) is 0 Å². The number of nitrogens with zero attached hydrogens (tertiary/aromatic N) is 2. The van der Waals surface area contributed by atoms with E-state index >= 15 is 0 Å². The molecule has 3 aliphatic rings. The van der Waals surface area contributed by atoms with Crippen molar-refractivity contribution in [1.29, 1.82) is 0 Å². The second-order valence-electron chi connectivity index (χ2n) is 6.41. The average molecular weight is 299 g/mol. The van der Waals surface area contributed by atoms with E-state index in [1.807, 2.05) is 24.3 Å². The van der Waals surface area contributed by atoms with E-state index < -0.39 is 0 Å². The Kier molecular flexibility index (Phi) is 3.58. The third-order valence-corrected chi connectivity index (χ3v) is 5.11. The smallest absolute Gasteiger partial charge is 0.224 e. The van der Waals surface area contributed by atoms with Crippen LogP contribution in [0.3, 0.4) is 0 Å². The summed E-state index contributed by atoms with van der Waals surface area (Å²) in [5.41, 5.74) is 1.73. The Hall–Kier alpha value is -1.88. The Morgan fingerprint density at radius 3 is 2.91 bits per heavy atom. The van der Waals surface area contributed by atoms with Crippen LogP contribution in [0.5, 0.6) is 0 Å². The van der Waals surface area contributed by atoms with Gasteiger partial charge in [-0.05, 0) is 44.0 Å². The summed E-state index contributed by atoms with van der Waals surface area (Å²) in [6.07, 6.45) is 3.06. The van der Waals surface area contributed by atoms with Gasteiger partial charge in [-0.2, -0.15) is 0 Å². The molecular weight excluding hydrogens is 278 g/mol. The standard InChI is InChI=1S/C17H21N3O2/c21-17(14-11-20-9-6-12(14)7-10-20)18-8-5-15-13-3-1-2-4-16(13)22-19-15/h1-4,12,14H,5-11H2,(H,18,21). The number of carbonyl (C=O) groups excluding carboxylic acids is 1. The predicted octanol–water partition coefficient (Wildman–Crippen LogP) is 1.83. The molecule has 4 heterocycles. The van der Waals surface area contributed by atoms with Crippen molar-refractivity contribution in [2.24, 2.45) is 11.8 Å². The molecule has 5 nitrogen and oxygen atoms in total. The third kappa shape index (κ3) is 2.50. The summed E-state index contributed by atoms with van der Waals surface area (Å²) < 4.78 is 5.29. The zero-order chi connectivity index (χ0) is 14.9. The minimum Gasteiger partial charge on any atom is -0.356 e. The van der Waals surface area contributed by atoms with E-state index in [1.165, 1.54) is 25.9 Å². The quantitative estimate of drug-likeness (QED) is 0.935. The van der Waals surface area contributed by atoms with E-state index in [0.717, 1.165) is 23.2 Å². The van der Waals surface area contributed by atoms with Gasteiger partial charge in [0.2, 0.25) is 5.91 Å². The normalized spacial score (nSPS) is 27.2. The molecule has 116 valence electrons. The lowest BCUT2D eigenvalue weighted by atomic mass is 9.78. The number of piperidine rings is 3. The van der Waals surface area contributed by atoms with Crippen LogP contribution in [-0.4, -0.2) is 42.1 Å². The molecule has 0 spiro atoms. The van der Waals surface area contributed by atoms with E-state index in [0.29, 0.717) is 18.9 Å². The molecule has 1 N–H and O–H groups in total. The van der Waals surface area contributed by atoms with Crippen LogP contribution in [-0.2, 0) is 11.2 Å². The second-order valence-corrected chi connectivity index (χ2v) is 6.41. The first-order chi connectivity index (χ1) is 10.8. The van der Waals surface area contributed by atoms with Crippen LogP contribution < -0.4 is 5.32 Å². The van der Waals surface area contributed by atoms with Crippen LogP contribution in [0.15, 0.2) is 28.8 Å². The highest BCUT2D eigenvalue weighted by molar-refractivity contribution is 5.80. The van der Waals surface area contributed by atoms with E-state index in [1.54, 1.807) is 0 Å². The Morgan fingerprint density at radius 2 is 2.14 bits per heavy atom. The van der Waals surface area contributed by atoms with Crippen molar-refractivity contribution >= 4 is 16.9 Å². The largest absolute Gasteiger partial charge is 0.356 e. The Bertz CT molecular complexity index is 673. The summed E-state index contributed by atoms with van der Waals surface area (Å²) >= 11 is 0. The van der Waals surface area contributed by atoms with Gasteiger partial charge in [-0.3, -0.25) is 4.79 Å². The van der Waals surface area contributed by atoms with Gasteiger partial charge in [0.05, 0.1) is 11.6 Å². The Balaban J connectivity index is 1.34. The number of hydrogen-bond donors (Lipinski definition) is 1. The van der Waals surface area contributed by atoms with Gasteiger partial charge in [-0.25, -0.2) is 0 Å². The first kappa shape index (κ1) is 13.8. The lowest BCUT2D eigenvalue weighted by Gasteiger charge is -2.43. The molecule has 0 saturated carbocycles. The molecule has 5 rings (SSSR count). The van der Waals surface area contributed by atoms with Crippen molar-refractivity contribution in [3.05, 3.63) is 30.0 Å². The minimum absolute atomic E-state index is 0.177. The van der Waals surface area contributed by atoms with Crippen LogP contribution in [0, 0.1) is 11.8 Å². The highest BCUT2D eigenvalue weighted by atomic mass is 16.5. The molecule has 1 amide bonds. The van der Waals surface area contributed by atoms with Crippen LogP contribution in [0.25, 0.3) is 11.0 Å². The molecule has 2 bridgehead atoms. The Morgan fingerprint density at radius 1 is 1.32 bits per heavy atom. The molecule has 5 heteroatoms. The number of hydrogen-bond acceptors (Lipinski definition) is 4. The van der Waals surface area contributed by atoms with E-state index in [-0.39, 0.29) is 11.8 Å². The van der Waals surface area contributed by atoms with Crippen molar-refractivity contribution in [2.75, 3.05) is 26.2 Å². The summed E-state index contributed by atoms with van der Waals surface area (Å²) in [7, 11) is 0. The zero-order valence-electron chi connectivity index (χ0n) is 12.6. The number of carbonyl (C=O) groups is 1. The fraction of sp³-hybridized carbons (Fsp3) is 0.529. The number of para-hydroxylation sites is 1. The van der Waals surface area contributed by atoms with Gasteiger partial charge in [0.25, 0.3) is 0 Å². The molecule has 1 aromatic carbocycles. The number of aromatic nitrogens is 1. The predicted molar refractivity (Wildman–Crippen MR) is 83.4 cm³/mol. The van der Waals surface area contributed by atoms with Crippen molar-refractivity contribution < 1.29 is 9.32 Å². The number of rotatable bonds is 4. The fourth-order valence-corrected chi connectivity index (χ4v) is 3.82. The van der Waals surface area contributed by atoms with E-state index in [2.05, 4.69) is 15.4 Å². The molecule has 1 aromatic heterocycles. The number of amides is 1. The molecule has 3 fully saturated rings. The number of nitrogens with one attached hydrogen (secondary N) is 1. The minimum atomic E-state index is 0.177.